The van der Waals surface area contributed by atoms with Gasteiger partial charge in [0.15, 0.2) is 0 Å². The number of nitrogens with zero attached hydrogens (tertiary/aromatic N) is 6. The standard InChI is InChI=1S/C20H18N6O2S3/c21-13-15-5-7-16(8-6-15)31(27,28)24-11-9-23(10-12-24)14-25-20(29)26-17-3-1-2-4-18(17)30-19(26)22-25/h1-8H,9-12,14H2. The Morgan fingerprint density at radius 1 is 1.06 bits per heavy atom. The third-order valence-electron chi connectivity index (χ3n) is 5.40. The summed E-state index contributed by atoms with van der Waals surface area (Å²) in [5.74, 6) is 0. The molecule has 3 heterocycles. The molecule has 8 nitrogen and oxygen atoms in total. The summed E-state index contributed by atoms with van der Waals surface area (Å²) in [6, 6.07) is 16.1. The van der Waals surface area contributed by atoms with Crippen LogP contribution in [0.3, 0.4) is 0 Å². The second kappa shape index (κ2) is 7.81. The van der Waals surface area contributed by atoms with E-state index >= 15 is 0 Å². The van der Waals surface area contributed by atoms with Crippen LogP contribution in [0.2, 0.25) is 0 Å². The molecule has 1 aliphatic rings. The molecule has 0 radical (unpaired) electrons. The highest BCUT2D eigenvalue weighted by molar-refractivity contribution is 7.89. The number of thiazole rings is 1. The Bertz CT molecular complexity index is 1470. The molecule has 0 spiro atoms. The highest BCUT2D eigenvalue weighted by Gasteiger charge is 2.28. The third kappa shape index (κ3) is 3.56. The van der Waals surface area contributed by atoms with Crippen molar-refractivity contribution in [2.45, 2.75) is 11.6 Å². The van der Waals surface area contributed by atoms with Gasteiger partial charge in [0.1, 0.15) is 0 Å². The van der Waals surface area contributed by atoms with Gasteiger partial charge in [-0.1, -0.05) is 23.5 Å². The minimum atomic E-state index is -3.58. The van der Waals surface area contributed by atoms with E-state index in [1.54, 1.807) is 16.0 Å². The Labute approximate surface area is 188 Å². The molecule has 4 aromatic rings. The molecule has 0 bridgehead atoms. The molecule has 158 valence electrons. The van der Waals surface area contributed by atoms with Gasteiger partial charge in [0.05, 0.1) is 33.4 Å². The minimum Gasteiger partial charge on any atom is -0.282 e. The van der Waals surface area contributed by atoms with Gasteiger partial charge < -0.3 is 0 Å². The van der Waals surface area contributed by atoms with Crippen LogP contribution < -0.4 is 0 Å². The average Bonchev–Trinajstić information content (AvgIpc) is 3.30. The highest BCUT2D eigenvalue weighted by Crippen LogP contribution is 2.26. The summed E-state index contributed by atoms with van der Waals surface area (Å²) in [5, 5.41) is 13.6. The van der Waals surface area contributed by atoms with Crippen LogP contribution in [0, 0.1) is 16.1 Å². The molecule has 5 rings (SSSR count). The molecular formula is C20H18N6O2S3. The lowest BCUT2D eigenvalue weighted by molar-refractivity contribution is 0.145. The largest absolute Gasteiger partial charge is 0.282 e. The maximum Gasteiger partial charge on any atom is 0.243 e. The van der Waals surface area contributed by atoms with E-state index in [4.69, 9.17) is 17.5 Å². The van der Waals surface area contributed by atoms with Crippen molar-refractivity contribution in [3.8, 4) is 6.07 Å². The van der Waals surface area contributed by atoms with Crippen molar-refractivity contribution in [3.05, 3.63) is 58.9 Å². The lowest BCUT2D eigenvalue weighted by atomic mass is 10.2. The smallest absolute Gasteiger partial charge is 0.243 e. The van der Waals surface area contributed by atoms with E-state index in [0.29, 0.717) is 43.2 Å². The van der Waals surface area contributed by atoms with Crippen LogP contribution in [0.1, 0.15) is 5.56 Å². The van der Waals surface area contributed by atoms with E-state index in [9.17, 15) is 8.42 Å². The molecule has 0 atom stereocenters. The fourth-order valence-electron chi connectivity index (χ4n) is 3.73. The van der Waals surface area contributed by atoms with E-state index in [1.807, 2.05) is 28.7 Å². The van der Waals surface area contributed by atoms with Gasteiger partial charge in [0.2, 0.25) is 19.8 Å². The van der Waals surface area contributed by atoms with Gasteiger partial charge in [-0.05, 0) is 48.6 Å². The summed E-state index contributed by atoms with van der Waals surface area (Å²) in [7, 11) is -3.58. The monoisotopic (exact) mass is 470 g/mol. The lowest BCUT2D eigenvalue weighted by Crippen LogP contribution is -2.48. The zero-order chi connectivity index (χ0) is 21.6. The molecular weight excluding hydrogens is 452 g/mol. The first kappa shape index (κ1) is 20.3. The van der Waals surface area contributed by atoms with Gasteiger partial charge >= 0.3 is 0 Å². The molecule has 31 heavy (non-hydrogen) atoms. The molecule has 1 aliphatic heterocycles. The molecule has 0 saturated carbocycles. The van der Waals surface area contributed by atoms with Crippen molar-refractivity contribution in [2.24, 2.45) is 0 Å². The zero-order valence-electron chi connectivity index (χ0n) is 16.4. The van der Waals surface area contributed by atoms with Crippen molar-refractivity contribution < 1.29 is 8.42 Å². The van der Waals surface area contributed by atoms with E-state index in [2.05, 4.69) is 16.1 Å². The van der Waals surface area contributed by atoms with E-state index in [0.717, 1.165) is 15.2 Å². The first-order valence-electron chi connectivity index (χ1n) is 9.67. The normalized spacial score (nSPS) is 16.1. The third-order valence-corrected chi connectivity index (χ3v) is 8.72. The number of para-hydroxylation sites is 1. The van der Waals surface area contributed by atoms with Crippen LogP contribution in [0.5, 0.6) is 0 Å². The van der Waals surface area contributed by atoms with Gasteiger partial charge in [-0.2, -0.15) is 9.57 Å². The quantitative estimate of drug-likeness (QED) is 0.426. The molecule has 0 N–H and O–H groups in total. The number of sulfonamides is 1. The molecule has 2 aromatic heterocycles. The van der Waals surface area contributed by atoms with Crippen LogP contribution in [-0.4, -0.2) is 58.0 Å². The molecule has 0 unspecified atom stereocenters. The topological polar surface area (TPSA) is 86.6 Å². The lowest BCUT2D eigenvalue weighted by Gasteiger charge is -2.33. The second-order valence-electron chi connectivity index (χ2n) is 7.27. The number of aromatic nitrogens is 3. The SMILES string of the molecule is N#Cc1ccc(S(=O)(=O)N2CCN(Cn3nc4sc5ccccc5n4c3=S)CC2)cc1. The Morgan fingerprint density at radius 2 is 1.77 bits per heavy atom. The number of piperazine rings is 1. The zero-order valence-corrected chi connectivity index (χ0v) is 18.8. The number of nitriles is 1. The fourth-order valence-corrected chi connectivity index (χ4v) is 6.52. The van der Waals surface area contributed by atoms with Gasteiger partial charge in [-0.3, -0.25) is 9.30 Å². The Hall–Kier alpha value is -2.62. The van der Waals surface area contributed by atoms with Crippen molar-refractivity contribution >= 4 is 48.8 Å². The number of rotatable bonds is 4. The van der Waals surface area contributed by atoms with Gasteiger partial charge in [0, 0.05) is 26.2 Å². The predicted molar refractivity (Wildman–Crippen MR) is 121 cm³/mol. The highest BCUT2D eigenvalue weighted by atomic mass is 32.2. The van der Waals surface area contributed by atoms with Crippen LogP contribution in [-0.2, 0) is 16.7 Å². The Balaban J connectivity index is 1.30. The number of benzene rings is 2. The van der Waals surface area contributed by atoms with E-state index < -0.39 is 10.0 Å². The van der Waals surface area contributed by atoms with Crippen molar-refractivity contribution in [2.75, 3.05) is 26.2 Å². The maximum absolute atomic E-state index is 12.9. The van der Waals surface area contributed by atoms with Gasteiger partial charge in [-0.15, -0.1) is 5.10 Å². The second-order valence-corrected chi connectivity index (χ2v) is 10.6. The molecule has 1 saturated heterocycles. The van der Waals surface area contributed by atoms with E-state index in [-0.39, 0.29) is 4.90 Å². The summed E-state index contributed by atoms with van der Waals surface area (Å²) >= 11 is 7.26. The minimum absolute atomic E-state index is 0.211. The van der Waals surface area contributed by atoms with Crippen molar-refractivity contribution in [1.29, 1.82) is 5.26 Å². The first-order valence-corrected chi connectivity index (χ1v) is 12.3. The summed E-state index contributed by atoms with van der Waals surface area (Å²) in [6.07, 6.45) is 0. The van der Waals surface area contributed by atoms with Gasteiger partial charge in [0.25, 0.3) is 0 Å². The van der Waals surface area contributed by atoms with Crippen LogP contribution in [0.4, 0.5) is 0 Å². The Morgan fingerprint density at radius 3 is 2.48 bits per heavy atom. The Kier molecular flexibility index (Phi) is 5.11. The molecule has 0 amide bonds. The molecule has 11 heteroatoms. The average molecular weight is 471 g/mol. The van der Waals surface area contributed by atoms with Crippen molar-refractivity contribution in [1.82, 2.24) is 23.4 Å². The van der Waals surface area contributed by atoms with E-state index in [1.165, 1.54) is 28.6 Å². The molecule has 1 fully saturated rings. The van der Waals surface area contributed by atoms with Gasteiger partial charge in [-0.25, -0.2) is 13.1 Å². The number of fused-ring (bicyclic) bond motifs is 3. The van der Waals surface area contributed by atoms with Crippen LogP contribution in [0.15, 0.2) is 53.4 Å². The summed E-state index contributed by atoms with van der Waals surface area (Å²) in [5.41, 5.74) is 1.49. The van der Waals surface area contributed by atoms with Crippen LogP contribution >= 0.6 is 23.6 Å². The summed E-state index contributed by atoms with van der Waals surface area (Å²) in [4.78, 5) is 3.22. The maximum atomic E-state index is 12.9. The number of hydrogen-bond donors (Lipinski definition) is 0. The fraction of sp³-hybridized carbons (Fsp3) is 0.250. The molecule has 2 aromatic carbocycles. The first-order chi connectivity index (χ1) is 15.0. The predicted octanol–water partition coefficient (Wildman–Crippen LogP) is 2.92. The van der Waals surface area contributed by atoms with Crippen molar-refractivity contribution in [3.63, 3.8) is 0 Å². The summed E-state index contributed by atoms with van der Waals surface area (Å²) < 4.78 is 32.9. The number of hydrogen-bond acceptors (Lipinski definition) is 7. The summed E-state index contributed by atoms with van der Waals surface area (Å²) in [6.45, 7) is 2.47. The van der Waals surface area contributed by atoms with Crippen LogP contribution in [0.25, 0.3) is 15.2 Å². The molecule has 0 aliphatic carbocycles.